The minimum atomic E-state index is 0.0717. The third-order valence-electron chi connectivity index (χ3n) is 4.90. The first kappa shape index (κ1) is 14.4. The highest BCUT2D eigenvalue weighted by Gasteiger charge is 2.40. The van der Waals surface area contributed by atoms with Crippen LogP contribution in [-0.2, 0) is 4.74 Å². The average molecular weight is 311 g/mol. The van der Waals surface area contributed by atoms with Crippen LogP contribution >= 0.6 is 0 Å². The molecule has 1 fully saturated rings. The zero-order chi connectivity index (χ0) is 15.8. The molecular formula is C19H21NO3. The summed E-state index contributed by atoms with van der Waals surface area (Å²) in [6, 6.07) is 13.8. The van der Waals surface area contributed by atoms with E-state index >= 15 is 0 Å². The Morgan fingerprint density at radius 1 is 1.22 bits per heavy atom. The maximum absolute atomic E-state index is 9.83. The molecule has 0 saturated carbocycles. The summed E-state index contributed by atoms with van der Waals surface area (Å²) in [6.07, 6.45) is 2.24. The third kappa shape index (κ3) is 2.53. The second-order valence-electron chi connectivity index (χ2n) is 6.27. The molecule has 3 atom stereocenters. The fourth-order valence-corrected chi connectivity index (χ4v) is 3.82. The van der Waals surface area contributed by atoms with Crippen molar-refractivity contribution >= 4 is 5.69 Å². The van der Waals surface area contributed by atoms with Crippen molar-refractivity contribution in [3.05, 3.63) is 53.6 Å². The van der Waals surface area contributed by atoms with Crippen LogP contribution in [0.1, 0.15) is 36.1 Å². The van der Waals surface area contributed by atoms with Crippen molar-refractivity contribution in [1.82, 2.24) is 0 Å². The van der Waals surface area contributed by atoms with Gasteiger partial charge in [-0.25, -0.2) is 0 Å². The lowest BCUT2D eigenvalue weighted by Gasteiger charge is -2.43. The molecular weight excluding hydrogens is 290 g/mol. The van der Waals surface area contributed by atoms with Crippen LogP contribution in [0.2, 0.25) is 0 Å². The first-order chi connectivity index (χ1) is 11.3. The third-order valence-corrected chi connectivity index (χ3v) is 4.90. The lowest BCUT2D eigenvalue weighted by molar-refractivity contribution is -0.0382. The molecule has 2 heterocycles. The molecule has 2 aliphatic rings. The van der Waals surface area contributed by atoms with Crippen LogP contribution in [0.4, 0.5) is 5.69 Å². The summed E-state index contributed by atoms with van der Waals surface area (Å²) < 4.78 is 11.5. The number of aromatic hydroxyl groups is 1. The van der Waals surface area contributed by atoms with Gasteiger partial charge in [-0.05, 0) is 48.7 Å². The fraction of sp³-hybridized carbons (Fsp3) is 0.368. The van der Waals surface area contributed by atoms with Gasteiger partial charge in [-0.15, -0.1) is 0 Å². The zero-order valence-electron chi connectivity index (χ0n) is 13.2. The predicted molar refractivity (Wildman–Crippen MR) is 88.9 cm³/mol. The first-order valence-electron chi connectivity index (χ1n) is 8.11. The minimum Gasteiger partial charge on any atom is -0.508 e. The quantitative estimate of drug-likeness (QED) is 0.879. The largest absolute Gasteiger partial charge is 0.508 e. The van der Waals surface area contributed by atoms with Crippen molar-refractivity contribution in [2.75, 3.05) is 19.0 Å². The molecule has 4 rings (SSSR count). The van der Waals surface area contributed by atoms with Crippen molar-refractivity contribution in [1.29, 1.82) is 0 Å². The lowest BCUT2D eigenvalue weighted by atomic mass is 9.77. The van der Waals surface area contributed by atoms with E-state index in [1.165, 1.54) is 5.56 Å². The highest BCUT2D eigenvalue weighted by molar-refractivity contribution is 5.59. The summed E-state index contributed by atoms with van der Waals surface area (Å²) in [5.74, 6) is 1.51. The second-order valence-corrected chi connectivity index (χ2v) is 6.27. The van der Waals surface area contributed by atoms with Crippen LogP contribution in [0.15, 0.2) is 42.5 Å². The molecule has 0 radical (unpaired) electrons. The molecule has 4 nitrogen and oxygen atoms in total. The Morgan fingerprint density at radius 2 is 2.13 bits per heavy atom. The van der Waals surface area contributed by atoms with Crippen LogP contribution in [0.5, 0.6) is 11.5 Å². The monoisotopic (exact) mass is 311 g/mol. The number of ether oxygens (including phenoxy) is 2. The van der Waals surface area contributed by atoms with Gasteiger partial charge >= 0.3 is 0 Å². The Labute approximate surface area is 136 Å². The van der Waals surface area contributed by atoms with Gasteiger partial charge in [0, 0.05) is 23.8 Å². The van der Waals surface area contributed by atoms with Crippen LogP contribution in [0.3, 0.4) is 0 Å². The van der Waals surface area contributed by atoms with Crippen LogP contribution in [-0.4, -0.2) is 18.8 Å². The molecule has 0 aliphatic carbocycles. The number of hydrogen-bond donors (Lipinski definition) is 2. The highest BCUT2D eigenvalue weighted by Crippen LogP contribution is 2.49. The van der Waals surface area contributed by atoms with Gasteiger partial charge in [-0.2, -0.15) is 0 Å². The normalized spacial score (nSPS) is 25.9. The standard InChI is InChI=1S/C19H21NO3/c1-22-14-7-8-17-16(11-14)19-15(6-3-9-23-19)18(20-17)12-4-2-5-13(21)10-12/h2,4-5,7-8,10-11,15,18-21H,3,6,9H2,1H3/t15-,18+,19-/m0/s1. The van der Waals surface area contributed by atoms with Crippen LogP contribution in [0.25, 0.3) is 0 Å². The van der Waals surface area contributed by atoms with Gasteiger partial charge in [0.2, 0.25) is 0 Å². The van der Waals surface area contributed by atoms with E-state index < -0.39 is 0 Å². The summed E-state index contributed by atoms with van der Waals surface area (Å²) in [6.45, 7) is 0.796. The number of methoxy groups -OCH3 is 1. The fourth-order valence-electron chi connectivity index (χ4n) is 3.82. The van der Waals surface area contributed by atoms with Crippen molar-refractivity contribution in [3.63, 3.8) is 0 Å². The van der Waals surface area contributed by atoms with Crippen molar-refractivity contribution in [2.45, 2.75) is 25.0 Å². The van der Waals surface area contributed by atoms with Gasteiger partial charge < -0.3 is 19.9 Å². The number of phenolic OH excluding ortho intramolecular Hbond substituents is 1. The number of phenols is 1. The van der Waals surface area contributed by atoms with Crippen molar-refractivity contribution < 1.29 is 14.6 Å². The van der Waals surface area contributed by atoms with E-state index in [0.29, 0.717) is 11.7 Å². The maximum Gasteiger partial charge on any atom is 0.119 e. The molecule has 1 saturated heterocycles. The number of nitrogens with one attached hydrogen (secondary N) is 1. The lowest BCUT2D eigenvalue weighted by Crippen LogP contribution is -2.35. The van der Waals surface area contributed by atoms with Crippen molar-refractivity contribution in [3.8, 4) is 11.5 Å². The summed E-state index contributed by atoms with van der Waals surface area (Å²) in [7, 11) is 1.69. The molecule has 2 aliphatic heterocycles. The summed E-state index contributed by atoms with van der Waals surface area (Å²) in [5.41, 5.74) is 3.36. The molecule has 2 aromatic carbocycles. The average Bonchev–Trinajstić information content (AvgIpc) is 2.60. The number of anilines is 1. The summed E-state index contributed by atoms with van der Waals surface area (Å²) >= 11 is 0. The molecule has 0 aromatic heterocycles. The molecule has 0 bridgehead atoms. The topological polar surface area (TPSA) is 50.7 Å². The van der Waals surface area contributed by atoms with Crippen LogP contribution in [0, 0.1) is 5.92 Å². The predicted octanol–water partition coefficient (Wildman–Crippen LogP) is 4.04. The van der Waals surface area contributed by atoms with E-state index in [2.05, 4.69) is 23.5 Å². The zero-order valence-corrected chi connectivity index (χ0v) is 13.2. The van der Waals surface area contributed by atoms with E-state index in [9.17, 15) is 5.11 Å². The van der Waals surface area contributed by atoms with E-state index in [1.54, 1.807) is 13.2 Å². The maximum atomic E-state index is 9.83. The smallest absolute Gasteiger partial charge is 0.119 e. The van der Waals surface area contributed by atoms with Gasteiger partial charge in [0.1, 0.15) is 11.5 Å². The molecule has 120 valence electrons. The Hall–Kier alpha value is -2.20. The number of benzene rings is 2. The molecule has 23 heavy (non-hydrogen) atoms. The van der Waals surface area contributed by atoms with Gasteiger partial charge in [0.05, 0.1) is 19.3 Å². The second kappa shape index (κ2) is 5.78. The van der Waals surface area contributed by atoms with Crippen molar-refractivity contribution in [2.24, 2.45) is 5.92 Å². The highest BCUT2D eigenvalue weighted by atomic mass is 16.5. The Kier molecular flexibility index (Phi) is 3.62. The number of fused-ring (bicyclic) bond motifs is 3. The summed E-state index contributed by atoms with van der Waals surface area (Å²) in [5, 5.41) is 13.5. The van der Waals surface area contributed by atoms with Gasteiger partial charge in [-0.1, -0.05) is 12.1 Å². The number of rotatable bonds is 2. The van der Waals surface area contributed by atoms with Crippen LogP contribution < -0.4 is 10.1 Å². The van der Waals surface area contributed by atoms with E-state index in [0.717, 1.165) is 36.4 Å². The van der Waals surface area contributed by atoms with Gasteiger partial charge in [-0.3, -0.25) is 0 Å². The number of hydrogen-bond acceptors (Lipinski definition) is 4. The molecule has 0 spiro atoms. The van der Waals surface area contributed by atoms with Gasteiger partial charge in [0.15, 0.2) is 0 Å². The molecule has 2 aromatic rings. The first-order valence-corrected chi connectivity index (χ1v) is 8.11. The minimum absolute atomic E-state index is 0.0717. The molecule has 4 heteroatoms. The molecule has 0 unspecified atom stereocenters. The SMILES string of the molecule is COc1ccc2c(c1)[C@H]1OCCC[C@H]1[C@@H](c1cccc(O)c1)N2. The Morgan fingerprint density at radius 3 is 2.96 bits per heavy atom. The van der Waals surface area contributed by atoms with Gasteiger partial charge in [0.25, 0.3) is 0 Å². The molecule has 0 amide bonds. The van der Waals surface area contributed by atoms with E-state index in [1.807, 2.05) is 18.2 Å². The summed E-state index contributed by atoms with van der Waals surface area (Å²) in [4.78, 5) is 0. The van der Waals surface area contributed by atoms with E-state index in [4.69, 9.17) is 9.47 Å². The Balaban J connectivity index is 1.77. The Bertz CT molecular complexity index is 716. The molecule has 2 N–H and O–H groups in total. The van der Waals surface area contributed by atoms with E-state index in [-0.39, 0.29) is 12.1 Å².